The van der Waals surface area contributed by atoms with Crippen molar-refractivity contribution in [2.45, 2.75) is 11.8 Å². The maximum absolute atomic E-state index is 13.9. The van der Waals surface area contributed by atoms with Gasteiger partial charge >= 0.3 is 0 Å². The Morgan fingerprint density at radius 3 is 1.92 bits per heavy atom. The van der Waals surface area contributed by atoms with E-state index in [1.807, 2.05) is 109 Å². The molecule has 2 fully saturated rings. The number of nitrogens with one attached hydrogen (secondary N) is 1. The summed E-state index contributed by atoms with van der Waals surface area (Å²) >= 11 is 0. The lowest BCUT2D eigenvalue weighted by molar-refractivity contribution is -0.151. The molecule has 0 aromatic heterocycles. The molecule has 0 bridgehead atoms. The summed E-state index contributed by atoms with van der Waals surface area (Å²) in [7, 11) is 3.98. The molecule has 0 spiro atoms. The molecule has 1 aliphatic heterocycles. The number of amides is 2. The number of ether oxygens (including phenoxy) is 1. The minimum absolute atomic E-state index is 0.0875. The van der Waals surface area contributed by atoms with Gasteiger partial charge in [-0.25, -0.2) is 5.43 Å². The topological polar surface area (TPSA) is 74.2 Å². The van der Waals surface area contributed by atoms with E-state index in [0.29, 0.717) is 26.3 Å². The van der Waals surface area contributed by atoms with Crippen molar-refractivity contribution in [2.24, 2.45) is 16.9 Å². The zero-order valence-electron chi connectivity index (χ0n) is 21.9. The molecule has 0 radical (unpaired) electrons. The standard InChI is InChI=1S/C31H34N4O3/c1-34(2)25-15-13-22(14-16-25)21-32-33-30(36)28-26(23-9-5-3-6-10-23)29(27(28)24-11-7-4-8-12-24)31(37)35-17-19-38-20-18-35/h3-16,21,26-29H,17-20H2,1-2H3,(H,33,36). The number of rotatable bonds is 7. The van der Waals surface area contributed by atoms with Crippen LogP contribution in [0.2, 0.25) is 0 Å². The average molecular weight is 511 g/mol. The number of benzene rings is 3. The van der Waals surface area contributed by atoms with Crippen LogP contribution in [0.1, 0.15) is 28.5 Å². The number of morpholine rings is 1. The molecule has 1 heterocycles. The summed E-state index contributed by atoms with van der Waals surface area (Å²) in [5.41, 5.74) is 6.76. The van der Waals surface area contributed by atoms with Gasteiger partial charge in [-0.15, -0.1) is 0 Å². The van der Waals surface area contributed by atoms with Crippen LogP contribution in [0.15, 0.2) is 90.0 Å². The van der Waals surface area contributed by atoms with Gasteiger partial charge in [-0.3, -0.25) is 9.59 Å². The van der Waals surface area contributed by atoms with Crippen LogP contribution in [0.3, 0.4) is 0 Å². The molecule has 2 aliphatic rings. The minimum Gasteiger partial charge on any atom is -0.378 e. The smallest absolute Gasteiger partial charge is 0.244 e. The summed E-state index contributed by atoms with van der Waals surface area (Å²) in [5, 5.41) is 4.28. The van der Waals surface area contributed by atoms with E-state index < -0.39 is 5.92 Å². The fourth-order valence-corrected chi connectivity index (χ4v) is 5.66. The number of carbonyl (C=O) groups is 2. The second kappa shape index (κ2) is 11.6. The number of nitrogens with zero attached hydrogens (tertiary/aromatic N) is 3. The summed E-state index contributed by atoms with van der Waals surface area (Å²) in [6.45, 7) is 2.23. The van der Waals surface area contributed by atoms with Gasteiger partial charge in [-0.1, -0.05) is 72.8 Å². The van der Waals surface area contributed by atoms with E-state index in [9.17, 15) is 9.59 Å². The van der Waals surface area contributed by atoms with E-state index in [1.165, 1.54) is 0 Å². The number of hydrogen-bond donors (Lipinski definition) is 1. The zero-order chi connectivity index (χ0) is 26.5. The highest BCUT2D eigenvalue weighted by Crippen LogP contribution is 2.58. The Kier molecular flexibility index (Phi) is 7.84. The monoisotopic (exact) mass is 510 g/mol. The first-order chi connectivity index (χ1) is 18.5. The molecule has 2 amide bonds. The van der Waals surface area contributed by atoms with Gasteiger partial charge in [0.25, 0.3) is 0 Å². The van der Waals surface area contributed by atoms with Crippen molar-refractivity contribution in [2.75, 3.05) is 45.3 Å². The predicted molar refractivity (Wildman–Crippen MR) is 149 cm³/mol. The summed E-state index contributed by atoms with van der Waals surface area (Å²) in [4.78, 5) is 31.5. The largest absolute Gasteiger partial charge is 0.378 e. The highest BCUT2D eigenvalue weighted by Gasteiger charge is 2.58. The number of hydrazone groups is 1. The Balaban J connectivity index is 1.43. The minimum atomic E-state index is -0.428. The lowest BCUT2D eigenvalue weighted by Gasteiger charge is -2.52. The molecular weight excluding hydrogens is 476 g/mol. The lowest BCUT2D eigenvalue weighted by atomic mass is 9.51. The van der Waals surface area contributed by atoms with Crippen molar-refractivity contribution in [3.8, 4) is 0 Å². The number of hydrogen-bond acceptors (Lipinski definition) is 5. The van der Waals surface area contributed by atoms with Crippen molar-refractivity contribution < 1.29 is 14.3 Å². The molecule has 5 rings (SSSR count). The van der Waals surface area contributed by atoms with Crippen molar-refractivity contribution in [1.29, 1.82) is 0 Å². The number of carbonyl (C=O) groups excluding carboxylic acids is 2. The Hall–Kier alpha value is -3.97. The van der Waals surface area contributed by atoms with Gasteiger partial charge in [-0.2, -0.15) is 5.10 Å². The molecule has 7 heteroatoms. The zero-order valence-corrected chi connectivity index (χ0v) is 21.9. The fraction of sp³-hybridized carbons (Fsp3) is 0.323. The van der Waals surface area contributed by atoms with Crippen LogP contribution >= 0.6 is 0 Å². The van der Waals surface area contributed by atoms with Gasteiger partial charge in [0.1, 0.15) is 0 Å². The van der Waals surface area contributed by atoms with Gasteiger partial charge in [0, 0.05) is 44.7 Å². The Labute approximate surface area is 224 Å². The molecule has 196 valence electrons. The van der Waals surface area contributed by atoms with Crippen molar-refractivity contribution in [1.82, 2.24) is 10.3 Å². The third-order valence-corrected chi connectivity index (χ3v) is 7.63. The lowest BCUT2D eigenvalue weighted by Crippen LogP contribution is -2.57. The van der Waals surface area contributed by atoms with E-state index >= 15 is 0 Å². The van der Waals surface area contributed by atoms with Gasteiger partial charge in [-0.05, 0) is 28.8 Å². The molecule has 1 aliphatic carbocycles. The quantitative estimate of drug-likeness (QED) is 0.387. The van der Waals surface area contributed by atoms with Crippen molar-refractivity contribution in [3.63, 3.8) is 0 Å². The third kappa shape index (κ3) is 5.34. The molecule has 7 nitrogen and oxygen atoms in total. The van der Waals surface area contributed by atoms with Crippen LogP contribution in [-0.4, -0.2) is 63.3 Å². The molecule has 3 aromatic rings. The summed E-state index contributed by atoms with van der Waals surface area (Å²) < 4.78 is 5.49. The van der Waals surface area contributed by atoms with Crippen LogP contribution < -0.4 is 10.3 Å². The molecule has 1 saturated heterocycles. The van der Waals surface area contributed by atoms with Gasteiger partial charge in [0.2, 0.25) is 11.8 Å². The predicted octanol–water partition coefficient (Wildman–Crippen LogP) is 3.88. The van der Waals surface area contributed by atoms with Crippen molar-refractivity contribution >= 4 is 23.7 Å². The first-order valence-electron chi connectivity index (χ1n) is 13.1. The van der Waals surface area contributed by atoms with Crippen LogP contribution in [0.5, 0.6) is 0 Å². The van der Waals surface area contributed by atoms with Crippen LogP contribution in [0.4, 0.5) is 5.69 Å². The summed E-state index contributed by atoms with van der Waals surface area (Å²) in [6.07, 6.45) is 1.65. The highest BCUT2D eigenvalue weighted by molar-refractivity contribution is 5.91. The first-order valence-corrected chi connectivity index (χ1v) is 13.1. The summed E-state index contributed by atoms with van der Waals surface area (Å²) in [5.74, 6) is -1.35. The highest BCUT2D eigenvalue weighted by atomic mass is 16.5. The first kappa shape index (κ1) is 25.7. The van der Waals surface area contributed by atoms with E-state index in [2.05, 4.69) is 10.5 Å². The fourth-order valence-electron chi connectivity index (χ4n) is 5.66. The molecule has 2 atom stereocenters. The van der Waals surface area contributed by atoms with Gasteiger partial charge < -0.3 is 14.5 Å². The maximum Gasteiger partial charge on any atom is 0.244 e. The van der Waals surface area contributed by atoms with Gasteiger partial charge in [0.15, 0.2) is 0 Å². The Bertz CT molecular complexity index is 1210. The average Bonchev–Trinajstić information content (AvgIpc) is 2.94. The molecule has 1 N–H and O–H groups in total. The molecule has 3 aromatic carbocycles. The number of anilines is 1. The van der Waals surface area contributed by atoms with E-state index in [0.717, 1.165) is 22.4 Å². The Morgan fingerprint density at radius 1 is 0.842 bits per heavy atom. The normalized spacial score (nSPS) is 23.1. The second-order valence-electron chi connectivity index (χ2n) is 10.1. The van der Waals surface area contributed by atoms with Gasteiger partial charge in [0.05, 0.1) is 31.3 Å². The van der Waals surface area contributed by atoms with Crippen LogP contribution in [-0.2, 0) is 14.3 Å². The van der Waals surface area contributed by atoms with E-state index in [-0.39, 0.29) is 29.6 Å². The van der Waals surface area contributed by atoms with Crippen LogP contribution in [0, 0.1) is 11.8 Å². The molecule has 2 unspecified atom stereocenters. The second-order valence-corrected chi connectivity index (χ2v) is 10.1. The summed E-state index contributed by atoms with van der Waals surface area (Å²) in [6, 6.07) is 27.8. The molecular formula is C31H34N4O3. The van der Waals surface area contributed by atoms with E-state index in [4.69, 9.17) is 4.74 Å². The SMILES string of the molecule is CN(C)c1ccc(C=NNC(=O)C2C(c3ccccc3)C(C(=O)N3CCOCC3)C2c2ccccc2)cc1. The van der Waals surface area contributed by atoms with Crippen molar-refractivity contribution in [3.05, 3.63) is 102 Å². The molecule has 1 saturated carbocycles. The third-order valence-electron chi connectivity index (χ3n) is 7.63. The molecule has 38 heavy (non-hydrogen) atoms. The maximum atomic E-state index is 13.9. The van der Waals surface area contributed by atoms with E-state index in [1.54, 1.807) is 6.21 Å². The Morgan fingerprint density at radius 2 is 1.39 bits per heavy atom. The van der Waals surface area contributed by atoms with Crippen LogP contribution in [0.25, 0.3) is 0 Å².